The molecule has 1 aliphatic carbocycles. The quantitative estimate of drug-likeness (QED) is 0.793. The van der Waals surface area contributed by atoms with Crippen molar-refractivity contribution in [1.29, 1.82) is 0 Å². The molecule has 1 unspecified atom stereocenters. The molecular formula is C21H27F2N5O2. The summed E-state index contributed by atoms with van der Waals surface area (Å²) in [6.07, 6.45) is 2.80. The van der Waals surface area contributed by atoms with E-state index in [-0.39, 0.29) is 18.4 Å². The normalized spacial score (nSPS) is 22.0. The summed E-state index contributed by atoms with van der Waals surface area (Å²) in [6, 6.07) is 3.17. The first-order valence-corrected chi connectivity index (χ1v) is 10.2. The Bertz CT molecular complexity index is 979. The zero-order valence-electron chi connectivity index (χ0n) is 17.4. The molecule has 0 spiro atoms. The fraction of sp³-hybridized carbons (Fsp3) is 0.571. The van der Waals surface area contributed by atoms with E-state index in [0.29, 0.717) is 18.9 Å². The topological polar surface area (TPSA) is 78.7 Å². The first kappa shape index (κ1) is 20.7. The van der Waals surface area contributed by atoms with Crippen LogP contribution in [0.2, 0.25) is 0 Å². The number of carbonyl (C=O) groups excluding carboxylic acids is 2. The number of hydrogen-bond acceptors (Lipinski definition) is 4. The monoisotopic (exact) mass is 419 g/mol. The molecule has 2 aromatic heterocycles. The van der Waals surface area contributed by atoms with Gasteiger partial charge in [0.15, 0.2) is 0 Å². The lowest BCUT2D eigenvalue weighted by atomic mass is 9.80. The lowest BCUT2D eigenvalue weighted by molar-refractivity contribution is -0.164. The standard InChI is InChI=1S/C21H27F2N5O2/c1-13-5-4-7-28-15(13)12-25-19(28)20(2,3)26-17(29)16-11-24-6-8-27(16)18(30)14-9-21(22,23)10-14/h4-5,7,12,14,16,24H,6,8-11H2,1-3H3,(H,26,29). The number of fused-ring (bicyclic) bond motifs is 1. The van der Waals surface area contributed by atoms with Crippen LogP contribution in [-0.2, 0) is 15.1 Å². The predicted octanol–water partition coefficient (Wildman–Crippen LogP) is 1.84. The van der Waals surface area contributed by atoms with E-state index in [2.05, 4.69) is 15.6 Å². The number of pyridine rings is 1. The molecule has 0 bridgehead atoms. The zero-order chi connectivity index (χ0) is 21.7. The van der Waals surface area contributed by atoms with Gasteiger partial charge in [0.05, 0.1) is 17.3 Å². The minimum Gasteiger partial charge on any atom is -0.342 e. The number of nitrogens with one attached hydrogen (secondary N) is 2. The summed E-state index contributed by atoms with van der Waals surface area (Å²) in [5.41, 5.74) is 1.23. The Morgan fingerprint density at radius 1 is 1.33 bits per heavy atom. The fourth-order valence-corrected chi connectivity index (χ4v) is 4.34. The van der Waals surface area contributed by atoms with E-state index in [4.69, 9.17) is 0 Å². The molecule has 4 rings (SSSR count). The fourth-order valence-electron chi connectivity index (χ4n) is 4.34. The van der Waals surface area contributed by atoms with Crippen molar-refractivity contribution in [3.63, 3.8) is 0 Å². The van der Waals surface area contributed by atoms with E-state index < -0.39 is 36.3 Å². The second-order valence-corrected chi connectivity index (χ2v) is 8.86. The molecule has 0 aromatic carbocycles. The van der Waals surface area contributed by atoms with Crippen LogP contribution in [0.25, 0.3) is 5.52 Å². The van der Waals surface area contributed by atoms with E-state index in [1.54, 1.807) is 6.20 Å². The van der Waals surface area contributed by atoms with Crippen molar-refractivity contribution in [2.75, 3.05) is 19.6 Å². The van der Waals surface area contributed by atoms with E-state index in [0.717, 1.165) is 11.1 Å². The van der Waals surface area contributed by atoms with E-state index in [1.807, 2.05) is 43.5 Å². The largest absolute Gasteiger partial charge is 0.342 e. The molecule has 1 atom stereocenters. The van der Waals surface area contributed by atoms with E-state index in [9.17, 15) is 18.4 Å². The second kappa shape index (κ2) is 7.30. The van der Waals surface area contributed by atoms with Gasteiger partial charge in [-0.3, -0.25) is 9.59 Å². The minimum atomic E-state index is -2.77. The summed E-state index contributed by atoms with van der Waals surface area (Å²) in [4.78, 5) is 31.9. The van der Waals surface area contributed by atoms with Gasteiger partial charge in [-0.25, -0.2) is 13.8 Å². The summed E-state index contributed by atoms with van der Waals surface area (Å²) < 4.78 is 28.4. The Labute approximate surface area is 173 Å². The number of amides is 2. The Kier molecular flexibility index (Phi) is 5.04. The van der Waals surface area contributed by atoms with Crippen LogP contribution >= 0.6 is 0 Å². The van der Waals surface area contributed by atoms with Crippen molar-refractivity contribution in [3.05, 3.63) is 35.9 Å². The van der Waals surface area contributed by atoms with Crippen molar-refractivity contribution < 1.29 is 18.4 Å². The molecule has 0 radical (unpaired) electrons. The first-order chi connectivity index (χ1) is 14.1. The summed E-state index contributed by atoms with van der Waals surface area (Å²) in [6.45, 7) is 6.86. The number of aromatic nitrogens is 2. The predicted molar refractivity (Wildman–Crippen MR) is 107 cm³/mol. The third-order valence-electron chi connectivity index (χ3n) is 6.05. The van der Waals surface area contributed by atoms with Crippen LogP contribution in [0.3, 0.4) is 0 Å². The van der Waals surface area contributed by atoms with E-state index >= 15 is 0 Å². The number of carbonyl (C=O) groups is 2. The van der Waals surface area contributed by atoms with Crippen LogP contribution in [0.5, 0.6) is 0 Å². The molecule has 9 heteroatoms. The van der Waals surface area contributed by atoms with Crippen LogP contribution in [0.4, 0.5) is 8.78 Å². The van der Waals surface area contributed by atoms with Crippen molar-refractivity contribution in [3.8, 4) is 0 Å². The zero-order valence-corrected chi connectivity index (χ0v) is 17.4. The number of rotatable bonds is 4. The van der Waals surface area contributed by atoms with Gasteiger partial charge in [-0.2, -0.15) is 0 Å². The summed E-state index contributed by atoms with van der Waals surface area (Å²) in [7, 11) is 0. The second-order valence-electron chi connectivity index (χ2n) is 8.86. The number of piperazine rings is 1. The van der Waals surface area contributed by atoms with Gasteiger partial charge in [-0.1, -0.05) is 6.07 Å². The van der Waals surface area contributed by atoms with Crippen molar-refractivity contribution in [2.45, 2.75) is 51.1 Å². The lowest BCUT2D eigenvalue weighted by Crippen LogP contribution is -2.63. The molecule has 3 heterocycles. The molecule has 1 saturated carbocycles. The van der Waals surface area contributed by atoms with Crippen molar-refractivity contribution >= 4 is 17.3 Å². The van der Waals surface area contributed by atoms with Gasteiger partial charge in [0, 0.05) is 44.6 Å². The number of nitrogens with zero attached hydrogens (tertiary/aromatic N) is 3. The number of halogens is 2. The third-order valence-corrected chi connectivity index (χ3v) is 6.05. The van der Waals surface area contributed by atoms with Gasteiger partial charge in [0.25, 0.3) is 0 Å². The molecule has 7 nitrogen and oxygen atoms in total. The van der Waals surface area contributed by atoms with Gasteiger partial charge >= 0.3 is 0 Å². The maximum Gasteiger partial charge on any atom is 0.249 e. The average Bonchev–Trinajstić information content (AvgIpc) is 3.11. The molecule has 2 N–H and O–H groups in total. The van der Waals surface area contributed by atoms with Crippen LogP contribution in [0, 0.1) is 12.8 Å². The first-order valence-electron chi connectivity index (χ1n) is 10.2. The molecule has 2 fully saturated rings. The molecule has 1 aliphatic heterocycles. The molecule has 2 aliphatic rings. The highest BCUT2D eigenvalue weighted by Crippen LogP contribution is 2.43. The number of aryl methyl sites for hydroxylation is 1. The summed E-state index contributed by atoms with van der Waals surface area (Å²) in [5, 5.41) is 6.14. The highest BCUT2D eigenvalue weighted by molar-refractivity contribution is 5.90. The van der Waals surface area contributed by atoms with Gasteiger partial charge in [-0.05, 0) is 32.4 Å². The van der Waals surface area contributed by atoms with Crippen molar-refractivity contribution in [2.24, 2.45) is 5.92 Å². The number of imidazole rings is 1. The molecule has 1 saturated heterocycles. The number of alkyl halides is 2. The van der Waals surface area contributed by atoms with Gasteiger partial charge in [-0.15, -0.1) is 0 Å². The Morgan fingerprint density at radius 3 is 2.77 bits per heavy atom. The SMILES string of the molecule is Cc1cccn2c(C(C)(C)NC(=O)C3CNCCN3C(=O)C3CC(F)(F)C3)ncc12. The van der Waals surface area contributed by atoms with Crippen LogP contribution in [0.1, 0.15) is 38.1 Å². The molecular weight excluding hydrogens is 392 g/mol. The average molecular weight is 419 g/mol. The van der Waals surface area contributed by atoms with Crippen LogP contribution < -0.4 is 10.6 Å². The Hall–Kier alpha value is -2.55. The van der Waals surface area contributed by atoms with Crippen molar-refractivity contribution in [1.82, 2.24) is 24.9 Å². The third kappa shape index (κ3) is 3.66. The maximum atomic E-state index is 13.2. The van der Waals surface area contributed by atoms with Gasteiger partial charge in [0.2, 0.25) is 17.7 Å². The Morgan fingerprint density at radius 2 is 2.07 bits per heavy atom. The molecule has 162 valence electrons. The highest BCUT2D eigenvalue weighted by atomic mass is 19.3. The summed E-state index contributed by atoms with van der Waals surface area (Å²) in [5.74, 6) is -3.48. The lowest BCUT2D eigenvalue weighted by Gasteiger charge is -2.42. The van der Waals surface area contributed by atoms with Crippen LogP contribution in [0.15, 0.2) is 24.5 Å². The van der Waals surface area contributed by atoms with Gasteiger partial charge in [0.1, 0.15) is 11.9 Å². The summed E-state index contributed by atoms with van der Waals surface area (Å²) >= 11 is 0. The molecule has 2 aromatic rings. The van der Waals surface area contributed by atoms with E-state index in [1.165, 1.54) is 4.90 Å². The number of hydrogen-bond donors (Lipinski definition) is 2. The molecule has 30 heavy (non-hydrogen) atoms. The highest BCUT2D eigenvalue weighted by Gasteiger charge is 2.51. The maximum absolute atomic E-state index is 13.2. The minimum absolute atomic E-state index is 0.290. The van der Waals surface area contributed by atoms with Gasteiger partial charge < -0.3 is 19.9 Å². The smallest absolute Gasteiger partial charge is 0.249 e. The molecule has 2 amide bonds. The van der Waals surface area contributed by atoms with Crippen LogP contribution in [-0.4, -0.2) is 57.7 Å². The Balaban J connectivity index is 1.52.